The predicted molar refractivity (Wildman–Crippen MR) is 110 cm³/mol. The lowest BCUT2D eigenvalue weighted by molar-refractivity contribution is -0.127. The number of benzene rings is 2. The van der Waals surface area contributed by atoms with E-state index in [0.29, 0.717) is 23.3 Å². The van der Waals surface area contributed by atoms with Gasteiger partial charge in [-0.25, -0.2) is 4.79 Å². The summed E-state index contributed by atoms with van der Waals surface area (Å²) >= 11 is 0. The normalized spacial score (nSPS) is 16.0. The lowest BCUT2D eigenvalue weighted by atomic mass is 10.1. The topological polar surface area (TPSA) is 81.0 Å². The predicted octanol–water partition coefficient (Wildman–Crippen LogP) is 2.16. The van der Waals surface area contributed by atoms with E-state index in [2.05, 4.69) is 10.2 Å². The number of fused-ring (bicyclic) bond motifs is 3. The van der Waals surface area contributed by atoms with Gasteiger partial charge in [-0.3, -0.25) is 9.69 Å². The number of ether oxygens (including phenoxy) is 2. The number of amides is 1. The fourth-order valence-corrected chi connectivity index (χ4v) is 3.50. The van der Waals surface area contributed by atoms with Crippen LogP contribution in [0.3, 0.4) is 0 Å². The maximum absolute atomic E-state index is 12.3. The summed E-state index contributed by atoms with van der Waals surface area (Å²) in [5, 5.41) is 5.11. The van der Waals surface area contributed by atoms with Crippen LogP contribution < -0.4 is 15.7 Å². The molecule has 1 aliphatic rings. The number of carbonyl (C=O) groups is 1. The molecule has 0 spiro atoms. The van der Waals surface area contributed by atoms with Crippen LogP contribution in [0.4, 0.5) is 0 Å². The molecular weight excluding hydrogens is 372 g/mol. The smallest absolute Gasteiger partial charge is 0.344 e. The molecule has 0 unspecified atom stereocenters. The van der Waals surface area contributed by atoms with Gasteiger partial charge < -0.3 is 19.2 Å². The summed E-state index contributed by atoms with van der Waals surface area (Å²) in [6.45, 7) is 6.30. The Balaban J connectivity index is 1.41. The first-order valence-corrected chi connectivity index (χ1v) is 9.82. The Bertz CT molecular complexity index is 1070. The SMILES string of the molecule is C[C@@H](Oc1ccc2c(c1)oc(=O)c1ccccc12)C(=O)NCCN1CCOCC1. The van der Waals surface area contributed by atoms with E-state index in [-0.39, 0.29) is 11.5 Å². The minimum atomic E-state index is -0.663. The van der Waals surface area contributed by atoms with Crippen molar-refractivity contribution in [2.24, 2.45) is 0 Å². The number of hydrogen-bond acceptors (Lipinski definition) is 6. The lowest BCUT2D eigenvalue weighted by Crippen LogP contribution is -2.43. The van der Waals surface area contributed by atoms with E-state index in [9.17, 15) is 9.59 Å². The Hall–Kier alpha value is -2.90. The van der Waals surface area contributed by atoms with Gasteiger partial charge in [-0.05, 0) is 30.5 Å². The van der Waals surface area contributed by atoms with Gasteiger partial charge in [0.2, 0.25) is 0 Å². The highest BCUT2D eigenvalue weighted by Gasteiger charge is 2.16. The van der Waals surface area contributed by atoms with Gasteiger partial charge >= 0.3 is 5.63 Å². The second-order valence-electron chi connectivity index (χ2n) is 7.10. The van der Waals surface area contributed by atoms with Crippen LogP contribution in [0, 0.1) is 0 Å². The quantitative estimate of drug-likeness (QED) is 0.508. The van der Waals surface area contributed by atoms with Gasteiger partial charge in [0.15, 0.2) is 6.10 Å². The van der Waals surface area contributed by atoms with Crippen molar-refractivity contribution in [3.63, 3.8) is 0 Å². The van der Waals surface area contributed by atoms with Crippen LogP contribution in [-0.4, -0.2) is 56.3 Å². The van der Waals surface area contributed by atoms with Gasteiger partial charge in [0.05, 0.1) is 18.6 Å². The van der Waals surface area contributed by atoms with Gasteiger partial charge in [-0.2, -0.15) is 0 Å². The Kier molecular flexibility index (Phi) is 5.78. The van der Waals surface area contributed by atoms with Gasteiger partial charge in [-0.15, -0.1) is 0 Å². The first kappa shape index (κ1) is 19.4. The van der Waals surface area contributed by atoms with E-state index in [1.807, 2.05) is 24.3 Å². The molecule has 1 saturated heterocycles. The molecule has 29 heavy (non-hydrogen) atoms. The van der Waals surface area contributed by atoms with Crippen molar-refractivity contribution in [1.82, 2.24) is 10.2 Å². The Morgan fingerprint density at radius 2 is 1.90 bits per heavy atom. The summed E-state index contributed by atoms with van der Waals surface area (Å²) in [7, 11) is 0. The van der Waals surface area contributed by atoms with Crippen molar-refractivity contribution in [2.45, 2.75) is 13.0 Å². The zero-order valence-corrected chi connectivity index (χ0v) is 16.3. The summed E-state index contributed by atoms with van der Waals surface area (Å²) in [6.07, 6.45) is -0.663. The Morgan fingerprint density at radius 1 is 1.14 bits per heavy atom. The number of hydrogen-bond donors (Lipinski definition) is 1. The van der Waals surface area contributed by atoms with Crippen molar-refractivity contribution in [3.05, 3.63) is 52.9 Å². The van der Waals surface area contributed by atoms with E-state index in [1.165, 1.54) is 0 Å². The highest BCUT2D eigenvalue weighted by atomic mass is 16.5. The molecule has 1 fully saturated rings. The van der Waals surface area contributed by atoms with Gasteiger partial charge in [0, 0.05) is 37.6 Å². The summed E-state index contributed by atoms with van der Waals surface area (Å²) < 4.78 is 16.5. The summed E-state index contributed by atoms with van der Waals surface area (Å²) in [6, 6.07) is 12.6. The molecule has 3 aromatic rings. The lowest BCUT2D eigenvalue weighted by Gasteiger charge is -2.26. The third-order valence-corrected chi connectivity index (χ3v) is 5.11. The largest absolute Gasteiger partial charge is 0.481 e. The van der Waals surface area contributed by atoms with E-state index in [1.54, 1.807) is 25.1 Å². The monoisotopic (exact) mass is 396 g/mol. The van der Waals surface area contributed by atoms with Crippen molar-refractivity contribution in [3.8, 4) is 5.75 Å². The zero-order chi connectivity index (χ0) is 20.2. The average Bonchev–Trinajstić information content (AvgIpc) is 2.74. The molecule has 0 radical (unpaired) electrons. The third-order valence-electron chi connectivity index (χ3n) is 5.11. The third kappa shape index (κ3) is 4.41. The van der Waals surface area contributed by atoms with Crippen LogP contribution in [-0.2, 0) is 9.53 Å². The maximum Gasteiger partial charge on any atom is 0.344 e. The van der Waals surface area contributed by atoms with Crippen LogP contribution in [0.2, 0.25) is 0 Å². The minimum absolute atomic E-state index is 0.182. The molecule has 2 heterocycles. The number of nitrogens with one attached hydrogen (secondary N) is 1. The van der Waals surface area contributed by atoms with Gasteiger partial charge in [0.25, 0.3) is 5.91 Å². The summed E-state index contributed by atoms with van der Waals surface area (Å²) in [4.78, 5) is 26.8. The number of morpholine rings is 1. The molecule has 7 nitrogen and oxygen atoms in total. The van der Waals surface area contributed by atoms with Crippen LogP contribution >= 0.6 is 0 Å². The molecule has 2 aromatic carbocycles. The summed E-state index contributed by atoms with van der Waals surface area (Å²) in [5.74, 6) is 0.296. The number of nitrogens with zero attached hydrogens (tertiary/aromatic N) is 1. The van der Waals surface area contributed by atoms with Crippen LogP contribution in [0.15, 0.2) is 51.7 Å². The molecule has 1 N–H and O–H groups in total. The molecule has 1 amide bonds. The van der Waals surface area contributed by atoms with E-state index in [4.69, 9.17) is 13.9 Å². The second kappa shape index (κ2) is 8.63. The highest BCUT2D eigenvalue weighted by molar-refractivity contribution is 6.04. The van der Waals surface area contributed by atoms with E-state index < -0.39 is 6.10 Å². The summed E-state index contributed by atoms with van der Waals surface area (Å²) in [5.41, 5.74) is 0.0466. The van der Waals surface area contributed by atoms with Crippen molar-refractivity contribution in [1.29, 1.82) is 0 Å². The zero-order valence-electron chi connectivity index (χ0n) is 16.3. The molecule has 0 aliphatic carbocycles. The second-order valence-corrected chi connectivity index (χ2v) is 7.10. The maximum atomic E-state index is 12.3. The van der Waals surface area contributed by atoms with Crippen LogP contribution in [0.5, 0.6) is 5.75 Å². The Morgan fingerprint density at radius 3 is 2.69 bits per heavy atom. The standard InChI is InChI=1S/C22H24N2O5/c1-15(21(25)23-8-9-24-10-12-27-13-11-24)28-16-6-7-18-17-4-2-3-5-19(17)22(26)29-20(18)14-16/h2-7,14-15H,8-13H2,1H3,(H,23,25)/t15-/m1/s1. The van der Waals surface area contributed by atoms with Crippen molar-refractivity contribution >= 4 is 27.6 Å². The fourth-order valence-electron chi connectivity index (χ4n) is 3.50. The number of carbonyl (C=O) groups excluding carboxylic acids is 1. The Labute approximate surface area is 168 Å². The van der Waals surface area contributed by atoms with E-state index >= 15 is 0 Å². The van der Waals surface area contributed by atoms with E-state index in [0.717, 1.165) is 43.6 Å². The molecular formula is C22H24N2O5. The average molecular weight is 396 g/mol. The number of rotatable bonds is 6. The molecule has 1 aromatic heterocycles. The molecule has 0 bridgehead atoms. The van der Waals surface area contributed by atoms with Gasteiger partial charge in [0.1, 0.15) is 11.3 Å². The van der Waals surface area contributed by atoms with Crippen LogP contribution in [0.1, 0.15) is 6.92 Å². The van der Waals surface area contributed by atoms with Crippen LogP contribution in [0.25, 0.3) is 21.7 Å². The first-order chi connectivity index (χ1) is 14.1. The fraction of sp³-hybridized carbons (Fsp3) is 0.364. The molecule has 1 aliphatic heterocycles. The van der Waals surface area contributed by atoms with Crippen molar-refractivity contribution < 1.29 is 18.7 Å². The minimum Gasteiger partial charge on any atom is -0.481 e. The molecule has 0 saturated carbocycles. The molecule has 152 valence electrons. The highest BCUT2D eigenvalue weighted by Crippen LogP contribution is 2.26. The van der Waals surface area contributed by atoms with Crippen molar-refractivity contribution in [2.75, 3.05) is 39.4 Å². The molecule has 1 atom stereocenters. The molecule has 7 heteroatoms. The molecule has 4 rings (SSSR count). The first-order valence-electron chi connectivity index (χ1n) is 9.82. The van der Waals surface area contributed by atoms with Gasteiger partial charge in [-0.1, -0.05) is 18.2 Å².